The van der Waals surface area contributed by atoms with Crippen molar-refractivity contribution >= 4 is 45.5 Å². The number of carbonyl (C=O) groups is 1. The number of halogens is 1. The van der Waals surface area contributed by atoms with Crippen molar-refractivity contribution < 1.29 is 9.53 Å². The zero-order valence-electron chi connectivity index (χ0n) is 15.2. The van der Waals surface area contributed by atoms with E-state index in [9.17, 15) is 4.79 Å². The van der Waals surface area contributed by atoms with E-state index in [1.807, 2.05) is 67.6 Å². The van der Waals surface area contributed by atoms with E-state index in [1.54, 1.807) is 6.08 Å². The summed E-state index contributed by atoms with van der Waals surface area (Å²) in [5, 5.41) is 2.35. The number of aryl methyl sites for hydroxylation is 1. The minimum atomic E-state index is -0.463. The summed E-state index contributed by atoms with van der Waals surface area (Å²) >= 11 is 6.24. The van der Waals surface area contributed by atoms with Crippen LogP contribution in [0.25, 0.3) is 27.9 Å². The van der Waals surface area contributed by atoms with Gasteiger partial charge in [0.1, 0.15) is 11.8 Å². The predicted octanol–water partition coefficient (Wildman–Crippen LogP) is 5.50. The average Bonchev–Trinajstić information content (AvgIpc) is 2.70. The molecule has 4 rings (SSSR count). The summed E-state index contributed by atoms with van der Waals surface area (Å²) in [7, 11) is 0. The lowest BCUT2D eigenvalue weighted by Crippen LogP contribution is -2.02. The number of carbonyl (C=O) groups excluding carboxylic acids is 1. The van der Waals surface area contributed by atoms with Gasteiger partial charge in [0.2, 0.25) is 0 Å². The van der Waals surface area contributed by atoms with Crippen LogP contribution in [-0.4, -0.2) is 15.9 Å². The van der Waals surface area contributed by atoms with Gasteiger partial charge < -0.3 is 4.74 Å². The monoisotopic (exact) mass is 388 g/mol. The Balaban J connectivity index is 1.45. The van der Waals surface area contributed by atoms with Crippen LogP contribution in [0.1, 0.15) is 16.8 Å². The fourth-order valence-corrected chi connectivity index (χ4v) is 3.12. The third-order valence-electron chi connectivity index (χ3n) is 4.38. The predicted molar refractivity (Wildman–Crippen MR) is 112 cm³/mol. The van der Waals surface area contributed by atoms with Crippen LogP contribution in [0.15, 0.2) is 66.7 Å². The van der Waals surface area contributed by atoms with Gasteiger partial charge >= 0.3 is 5.97 Å². The van der Waals surface area contributed by atoms with Crippen molar-refractivity contribution in [1.29, 1.82) is 0 Å². The van der Waals surface area contributed by atoms with Crippen LogP contribution in [0.4, 0.5) is 0 Å². The maximum atomic E-state index is 12.1. The van der Waals surface area contributed by atoms with E-state index in [1.165, 1.54) is 6.08 Å². The van der Waals surface area contributed by atoms with Gasteiger partial charge in [-0.2, -0.15) is 0 Å². The molecule has 0 aliphatic heterocycles. The molecule has 0 saturated carbocycles. The highest BCUT2D eigenvalue weighted by molar-refractivity contribution is 6.30. The topological polar surface area (TPSA) is 52.1 Å². The molecule has 138 valence electrons. The van der Waals surface area contributed by atoms with Crippen molar-refractivity contribution in [3.63, 3.8) is 0 Å². The molecule has 5 heteroatoms. The van der Waals surface area contributed by atoms with Crippen LogP contribution >= 0.6 is 11.6 Å². The summed E-state index contributed by atoms with van der Waals surface area (Å²) < 4.78 is 5.31. The lowest BCUT2D eigenvalue weighted by Gasteiger charge is -2.07. The number of benzene rings is 2. The summed E-state index contributed by atoms with van der Waals surface area (Å²) in [4.78, 5) is 21.0. The van der Waals surface area contributed by atoms with E-state index in [0.29, 0.717) is 16.4 Å². The summed E-state index contributed by atoms with van der Waals surface area (Å²) in [5.41, 5.74) is 4.17. The third-order valence-corrected chi connectivity index (χ3v) is 4.71. The lowest BCUT2D eigenvalue weighted by atomic mass is 10.1. The number of fused-ring (bicyclic) bond motifs is 2. The summed E-state index contributed by atoms with van der Waals surface area (Å²) in [6.45, 7) is 2.06. The zero-order valence-corrected chi connectivity index (χ0v) is 16.0. The van der Waals surface area contributed by atoms with Crippen LogP contribution < -0.4 is 0 Å². The number of hydrogen-bond acceptors (Lipinski definition) is 4. The highest BCUT2D eigenvalue weighted by Crippen LogP contribution is 2.22. The third kappa shape index (κ3) is 4.02. The molecule has 2 aromatic heterocycles. The van der Waals surface area contributed by atoms with Gasteiger partial charge in [0.05, 0.1) is 16.7 Å². The first-order chi connectivity index (χ1) is 13.6. The fraction of sp³-hybridized carbons (Fsp3) is 0.0870. The summed E-state index contributed by atoms with van der Waals surface area (Å²) in [5.74, 6) is -0.463. The number of rotatable bonds is 4. The molecule has 0 amide bonds. The van der Waals surface area contributed by atoms with Gasteiger partial charge in [-0.15, -0.1) is 0 Å². The van der Waals surface area contributed by atoms with Crippen LogP contribution in [-0.2, 0) is 16.1 Å². The zero-order chi connectivity index (χ0) is 19.5. The van der Waals surface area contributed by atoms with Gasteiger partial charge in [0.15, 0.2) is 0 Å². The van der Waals surface area contributed by atoms with E-state index >= 15 is 0 Å². The van der Waals surface area contributed by atoms with Gasteiger partial charge in [0, 0.05) is 22.4 Å². The summed E-state index contributed by atoms with van der Waals surface area (Å²) in [6, 6.07) is 19.5. The SMILES string of the molecule is Cc1ccc2cc(COC(=O)C=Cc3ccc4ccccc4n3)c(Cl)nc2c1. The minimum absolute atomic E-state index is 0.0595. The van der Waals surface area contributed by atoms with E-state index in [4.69, 9.17) is 16.3 Å². The second-order valence-corrected chi connectivity index (χ2v) is 6.86. The number of aromatic nitrogens is 2. The highest BCUT2D eigenvalue weighted by atomic mass is 35.5. The van der Waals surface area contributed by atoms with Crippen molar-refractivity contribution in [2.45, 2.75) is 13.5 Å². The molecule has 28 heavy (non-hydrogen) atoms. The smallest absolute Gasteiger partial charge is 0.331 e. The summed E-state index contributed by atoms with van der Waals surface area (Å²) in [6.07, 6.45) is 3.00. The molecule has 2 aromatic carbocycles. The molecule has 0 unspecified atom stereocenters. The van der Waals surface area contributed by atoms with Gasteiger partial charge in [-0.3, -0.25) is 0 Å². The maximum absolute atomic E-state index is 12.1. The van der Waals surface area contributed by atoms with Gasteiger partial charge in [-0.1, -0.05) is 48.0 Å². The lowest BCUT2D eigenvalue weighted by molar-refractivity contribution is -0.138. The van der Waals surface area contributed by atoms with Crippen LogP contribution in [0.5, 0.6) is 0 Å². The molecule has 2 heterocycles. The number of nitrogens with zero attached hydrogens (tertiary/aromatic N) is 2. The normalized spacial score (nSPS) is 11.4. The molecule has 0 aliphatic carbocycles. The Morgan fingerprint density at radius 2 is 1.82 bits per heavy atom. The van der Waals surface area contributed by atoms with E-state index < -0.39 is 5.97 Å². The fourth-order valence-electron chi connectivity index (χ4n) is 2.92. The Kier molecular flexibility index (Phi) is 5.04. The number of pyridine rings is 2. The second-order valence-electron chi connectivity index (χ2n) is 6.50. The largest absolute Gasteiger partial charge is 0.458 e. The Hall–Kier alpha value is -3.24. The first-order valence-corrected chi connectivity index (χ1v) is 9.23. The number of para-hydroxylation sites is 1. The van der Waals surface area contributed by atoms with Crippen LogP contribution in [0.3, 0.4) is 0 Å². The van der Waals surface area contributed by atoms with Crippen LogP contribution in [0, 0.1) is 6.92 Å². The van der Waals surface area contributed by atoms with E-state index in [-0.39, 0.29) is 6.61 Å². The molecule has 0 bridgehead atoms. The molecule has 0 radical (unpaired) electrons. The molecule has 0 atom stereocenters. The minimum Gasteiger partial charge on any atom is -0.458 e. The quantitative estimate of drug-likeness (QED) is 0.263. The number of ether oxygens (including phenoxy) is 1. The van der Waals surface area contributed by atoms with Gasteiger partial charge in [-0.25, -0.2) is 14.8 Å². The van der Waals surface area contributed by atoms with Gasteiger partial charge in [-0.05, 0) is 42.8 Å². The Labute approximate surface area is 167 Å². The van der Waals surface area contributed by atoms with E-state index in [0.717, 1.165) is 27.4 Å². The molecule has 4 aromatic rings. The van der Waals surface area contributed by atoms with E-state index in [2.05, 4.69) is 9.97 Å². The van der Waals surface area contributed by atoms with Crippen molar-refractivity contribution in [2.24, 2.45) is 0 Å². The molecule has 0 saturated heterocycles. The van der Waals surface area contributed by atoms with Crippen molar-refractivity contribution in [3.8, 4) is 0 Å². The Morgan fingerprint density at radius 3 is 2.71 bits per heavy atom. The molecule has 0 aliphatic rings. The first kappa shape index (κ1) is 18.1. The van der Waals surface area contributed by atoms with Crippen molar-refractivity contribution in [2.75, 3.05) is 0 Å². The van der Waals surface area contributed by atoms with Crippen molar-refractivity contribution in [3.05, 3.63) is 88.7 Å². The molecular formula is C23H17ClN2O2. The Morgan fingerprint density at radius 1 is 1.00 bits per heavy atom. The van der Waals surface area contributed by atoms with Gasteiger partial charge in [0.25, 0.3) is 0 Å². The molecule has 0 spiro atoms. The standard InChI is InChI=1S/C23H17ClN2O2/c1-15-6-7-17-13-18(23(24)26-21(17)12-15)14-28-22(27)11-10-19-9-8-16-4-2-3-5-20(16)25-19/h2-13H,14H2,1H3. The number of hydrogen-bond donors (Lipinski definition) is 0. The van der Waals surface area contributed by atoms with Crippen molar-refractivity contribution in [1.82, 2.24) is 9.97 Å². The molecule has 4 nitrogen and oxygen atoms in total. The molecule has 0 N–H and O–H groups in total. The average molecular weight is 389 g/mol. The molecular weight excluding hydrogens is 372 g/mol. The van der Waals surface area contributed by atoms with Crippen LogP contribution in [0.2, 0.25) is 5.15 Å². The Bertz CT molecular complexity index is 1220. The second kappa shape index (κ2) is 7.79. The first-order valence-electron chi connectivity index (χ1n) is 8.85. The maximum Gasteiger partial charge on any atom is 0.331 e. The highest BCUT2D eigenvalue weighted by Gasteiger charge is 2.08. The molecule has 0 fully saturated rings. The number of esters is 1.